The van der Waals surface area contributed by atoms with Crippen LogP contribution < -0.4 is 27.0 Å². The molecule has 2 atom stereocenters. The fourth-order valence-corrected chi connectivity index (χ4v) is 5.53. The molecule has 0 radical (unpaired) electrons. The van der Waals surface area contributed by atoms with Gasteiger partial charge in [-0.05, 0) is 38.5 Å². The molecule has 4 amide bonds. The van der Waals surface area contributed by atoms with E-state index in [1.807, 2.05) is 0 Å². The molecule has 58 heavy (non-hydrogen) atoms. The van der Waals surface area contributed by atoms with Gasteiger partial charge in [0.1, 0.15) is 19.3 Å². The molecule has 0 rings (SSSR count). The van der Waals surface area contributed by atoms with Gasteiger partial charge in [-0.25, -0.2) is 4.79 Å². The van der Waals surface area contributed by atoms with Gasteiger partial charge in [0.2, 0.25) is 23.6 Å². The number of carboxylic acid groups (broad SMARTS) is 2. The van der Waals surface area contributed by atoms with E-state index in [9.17, 15) is 38.7 Å². The Balaban J connectivity index is 3.66. The van der Waals surface area contributed by atoms with Crippen molar-refractivity contribution in [2.45, 2.75) is 134 Å². The molecule has 0 saturated carbocycles. The van der Waals surface area contributed by atoms with Gasteiger partial charge in [0.05, 0.1) is 51.4 Å². The maximum absolute atomic E-state index is 12.3. The van der Waals surface area contributed by atoms with Crippen LogP contribution in [0.25, 0.3) is 0 Å². The molecule has 0 heterocycles. The summed E-state index contributed by atoms with van der Waals surface area (Å²) in [4.78, 5) is 81.3. The van der Waals surface area contributed by atoms with Gasteiger partial charge in [-0.3, -0.25) is 24.0 Å². The maximum Gasteiger partial charge on any atom is 0.326 e. The second kappa shape index (κ2) is 38.8. The average Bonchev–Trinajstić information content (AvgIpc) is 3.17. The van der Waals surface area contributed by atoms with Crippen LogP contribution in [0.5, 0.6) is 0 Å². The molecule has 0 bridgehead atoms. The van der Waals surface area contributed by atoms with Gasteiger partial charge in [-0.2, -0.15) is 0 Å². The first-order valence-corrected chi connectivity index (χ1v) is 21.0. The second-order valence-corrected chi connectivity index (χ2v) is 14.2. The zero-order chi connectivity index (χ0) is 43.1. The third-order valence-electron chi connectivity index (χ3n) is 8.97. The van der Waals surface area contributed by atoms with E-state index in [0.29, 0.717) is 19.4 Å². The van der Waals surface area contributed by atoms with Crippen LogP contribution >= 0.6 is 0 Å². The lowest BCUT2D eigenvalue weighted by Crippen LogP contribution is -2.41. The molecule has 8 N–H and O–H groups in total. The van der Waals surface area contributed by atoms with E-state index in [0.717, 1.165) is 64.2 Å². The second-order valence-electron chi connectivity index (χ2n) is 14.2. The van der Waals surface area contributed by atoms with E-state index in [1.54, 1.807) is 0 Å². The Hall–Kier alpha value is -3.65. The number of rotatable bonds is 42. The Kier molecular flexibility index (Phi) is 36.4. The zero-order valence-electron chi connectivity index (χ0n) is 34.8. The SMILES string of the molecule is BC(=O)[C@@H](N)CCCCNC(=O)COCCOCCNC(=O)COCCOCCNC(=O)CC[C@H](NC(=O)CCCCCCCCCCCCCCC(=O)O)C(=O)O. The highest BCUT2D eigenvalue weighted by molar-refractivity contribution is 6.59. The van der Waals surface area contributed by atoms with Gasteiger partial charge < -0.3 is 61.0 Å². The predicted molar refractivity (Wildman–Crippen MR) is 219 cm³/mol. The normalized spacial score (nSPS) is 12.0. The number of carboxylic acids is 2. The molecule has 0 aromatic carbocycles. The van der Waals surface area contributed by atoms with E-state index < -0.39 is 24.0 Å². The predicted octanol–water partition coefficient (Wildman–Crippen LogP) is 0.954. The number of aliphatic carboxylic acids is 2. The summed E-state index contributed by atoms with van der Waals surface area (Å²) in [5, 5.41) is 28.7. The molecule has 0 aromatic heterocycles. The smallest absolute Gasteiger partial charge is 0.326 e. The highest BCUT2D eigenvalue weighted by atomic mass is 16.5. The maximum atomic E-state index is 12.3. The van der Waals surface area contributed by atoms with E-state index in [2.05, 4.69) is 21.3 Å². The van der Waals surface area contributed by atoms with Crippen molar-refractivity contribution in [2.75, 3.05) is 72.5 Å². The van der Waals surface area contributed by atoms with Crippen molar-refractivity contribution < 1.29 is 62.7 Å². The molecule has 0 saturated heterocycles. The molecular weight excluding hydrogens is 757 g/mol. The Morgan fingerprint density at radius 3 is 1.41 bits per heavy atom. The van der Waals surface area contributed by atoms with Crippen molar-refractivity contribution in [1.82, 2.24) is 21.3 Å². The molecule has 19 heteroatoms. The summed E-state index contributed by atoms with van der Waals surface area (Å²) < 4.78 is 21.3. The van der Waals surface area contributed by atoms with Crippen molar-refractivity contribution in [2.24, 2.45) is 5.73 Å². The van der Waals surface area contributed by atoms with Gasteiger partial charge in [-0.15, -0.1) is 0 Å². The number of ether oxygens (including phenoxy) is 4. The zero-order valence-corrected chi connectivity index (χ0v) is 34.8. The van der Waals surface area contributed by atoms with Gasteiger partial charge in [0, 0.05) is 38.9 Å². The summed E-state index contributed by atoms with van der Waals surface area (Å²) >= 11 is 0. The van der Waals surface area contributed by atoms with Crippen molar-refractivity contribution >= 4 is 49.1 Å². The van der Waals surface area contributed by atoms with Crippen LogP contribution in [-0.2, 0) is 52.5 Å². The first-order chi connectivity index (χ1) is 27.9. The molecule has 0 aromatic rings. The van der Waals surface area contributed by atoms with E-state index >= 15 is 0 Å². The van der Waals surface area contributed by atoms with Gasteiger partial charge in [0.25, 0.3) is 0 Å². The number of nitrogens with two attached hydrogens (primary N) is 1. The highest BCUT2D eigenvalue weighted by Crippen LogP contribution is 2.13. The lowest BCUT2D eigenvalue weighted by atomic mass is 9.92. The van der Waals surface area contributed by atoms with Crippen LogP contribution in [-0.4, -0.2) is 144 Å². The largest absolute Gasteiger partial charge is 0.481 e. The van der Waals surface area contributed by atoms with E-state index in [-0.39, 0.29) is 121 Å². The first kappa shape index (κ1) is 54.4. The number of unbranched alkanes of at least 4 members (excludes halogenated alkanes) is 12. The molecular formula is C39H72BN5O13. The number of carbonyl (C=O) groups is 7. The molecule has 0 fully saturated rings. The topological polar surface area (TPSA) is 271 Å². The molecule has 0 spiro atoms. The van der Waals surface area contributed by atoms with Crippen LogP contribution in [0, 0.1) is 0 Å². The average molecular weight is 830 g/mol. The quantitative estimate of drug-likeness (QED) is 0.0334. The highest BCUT2D eigenvalue weighted by Gasteiger charge is 2.21. The molecule has 18 nitrogen and oxygen atoms in total. The summed E-state index contributed by atoms with van der Waals surface area (Å²) in [6.45, 7) is 2.01. The van der Waals surface area contributed by atoms with Crippen LogP contribution in [0.4, 0.5) is 0 Å². The van der Waals surface area contributed by atoms with Gasteiger partial charge in [-0.1, -0.05) is 64.2 Å². The minimum Gasteiger partial charge on any atom is -0.481 e. The standard InChI is InChI=1S/C39H72BN5O13/c40-38(52)31(41)15-13-14-20-42-35(48)29-57-27-26-56-24-22-44-36(49)30-58-28-25-55-23-21-43-33(46)19-18-32(39(53)54)45-34(47)16-11-9-7-5-3-1-2-4-6-8-10-12-17-37(50)51/h31-32H,1-30,40-41H2,(H,42,48)(H,43,46)(H,44,49)(H,45,47)(H,50,51)(H,53,54)/t31-,32-/m0/s1. The monoisotopic (exact) mass is 830 g/mol. The molecule has 0 unspecified atom stereocenters. The molecule has 0 aliphatic carbocycles. The van der Waals surface area contributed by atoms with Gasteiger partial charge >= 0.3 is 11.9 Å². The first-order valence-electron chi connectivity index (χ1n) is 21.0. The summed E-state index contributed by atoms with van der Waals surface area (Å²) in [7, 11) is 1.46. The third-order valence-corrected chi connectivity index (χ3v) is 8.97. The van der Waals surface area contributed by atoms with E-state index in [1.165, 1.54) is 27.1 Å². The van der Waals surface area contributed by atoms with Crippen LogP contribution in [0.3, 0.4) is 0 Å². The van der Waals surface area contributed by atoms with Gasteiger partial charge in [0.15, 0.2) is 7.85 Å². The van der Waals surface area contributed by atoms with Crippen molar-refractivity contribution in [3.8, 4) is 0 Å². The summed E-state index contributed by atoms with van der Waals surface area (Å²) in [6, 6.07) is -1.60. The number of carbonyl (C=O) groups excluding carboxylic acids is 5. The Labute approximate surface area is 344 Å². The van der Waals surface area contributed by atoms with Crippen molar-refractivity contribution in [1.29, 1.82) is 0 Å². The minimum atomic E-state index is -1.19. The van der Waals surface area contributed by atoms with Crippen LogP contribution in [0.2, 0.25) is 0 Å². The Morgan fingerprint density at radius 2 is 0.931 bits per heavy atom. The molecule has 0 aliphatic rings. The fraction of sp³-hybridized carbons (Fsp3) is 0.821. The van der Waals surface area contributed by atoms with Crippen LogP contribution in [0.1, 0.15) is 122 Å². The van der Waals surface area contributed by atoms with Crippen molar-refractivity contribution in [3.05, 3.63) is 0 Å². The molecule has 334 valence electrons. The number of hydrogen-bond acceptors (Lipinski definition) is 12. The third kappa shape index (κ3) is 37.9. The number of nitrogens with one attached hydrogen (secondary N) is 4. The molecule has 0 aliphatic heterocycles. The minimum absolute atomic E-state index is 0.0315. The number of hydrogen-bond donors (Lipinski definition) is 7. The number of amides is 4. The Bertz CT molecular complexity index is 1150. The Morgan fingerprint density at radius 1 is 0.483 bits per heavy atom. The van der Waals surface area contributed by atoms with Crippen LogP contribution in [0.15, 0.2) is 0 Å². The summed E-state index contributed by atoms with van der Waals surface area (Å²) in [5.74, 6) is -3.18. The summed E-state index contributed by atoms with van der Waals surface area (Å²) in [5.41, 5.74) is 5.62. The lowest BCUT2D eigenvalue weighted by Gasteiger charge is -2.14. The summed E-state index contributed by atoms with van der Waals surface area (Å²) in [6.07, 6.45) is 14.8. The fourth-order valence-electron chi connectivity index (χ4n) is 5.53. The van der Waals surface area contributed by atoms with Crippen molar-refractivity contribution in [3.63, 3.8) is 0 Å². The lowest BCUT2D eigenvalue weighted by molar-refractivity contribution is -0.142. The van der Waals surface area contributed by atoms with E-state index in [4.69, 9.17) is 29.8 Å².